The van der Waals surface area contributed by atoms with E-state index in [1.54, 1.807) is 0 Å². The van der Waals surface area contributed by atoms with Gasteiger partial charge in [-0.15, -0.1) is 11.3 Å². The van der Waals surface area contributed by atoms with Gasteiger partial charge in [0.05, 0.1) is 4.88 Å². The summed E-state index contributed by atoms with van der Waals surface area (Å²) in [5.41, 5.74) is 1.79. The number of likely N-dealkylation sites (tertiary alicyclic amines) is 1. The van der Waals surface area contributed by atoms with E-state index in [1.807, 2.05) is 66.7 Å². The van der Waals surface area contributed by atoms with E-state index < -0.39 is 6.09 Å². The molecule has 0 radical (unpaired) electrons. The number of carboxylic acid groups (broad SMARTS) is 1. The maximum Gasteiger partial charge on any atom is 0.407 e. The Morgan fingerprint density at radius 1 is 0.967 bits per heavy atom. The highest BCUT2D eigenvalue weighted by atomic mass is 32.1. The predicted octanol–water partition coefficient (Wildman–Crippen LogP) is 5.19. The first-order valence-electron chi connectivity index (χ1n) is 9.80. The summed E-state index contributed by atoms with van der Waals surface area (Å²) in [5, 5.41) is 11.9. The minimum absolute atomic E-state index is 0.0291. The summed E-state index contributed by atoms with van der Waals surface area (Å²) in [6.45, 7) is 1.00. The Bertz CT molecular complexity index is 1010. The lowest BCUT2D eigenvalue weighted by Crippen LogP contribution is -2.41. The molecule has 154 valence electrons. The van der Waals surface area contributed by atoms with Crippen LogP contribution in [0.2, 0.25) is 0 Å². The Morgan fingerprint density at radius 2 is 1.67 bits per heavy atom. The summed E-state index contributed by atoms with van der Waals surface area (Å²) in [5.74, 6) is 0.649. The van der Waals surface area contributed by atoms with Gasteiger partial charge in [-0.3, -0.25) is 4.79 Å². The van der Waals surface area contributed by atoms with Crippen molar-refractivity contribution in [3.8, 4) is 16.2 Å². The number of anilines is 1. The van der Waals surface area contributed by atoms with Crippen LogP contribution >= 0.6 is 11.3 Å². The highest BCUT2D eigenvalue weighted by Gasteiger charge is 2.23. The zero-order valence-corrected chi connectivity index (χ0v) is 17.1. The van der Waals surface area contributed by atoms with E-state index in [-0.39, 0.29) is 12.0 Å². The number of hydrogen-bond donors (Lipinski definition) is 2. The largest absolute Gasteiger partial charge is 0.490 e. The molecule has 0 bridgehead atoms. The zero-order chi connectivity index (χ0) is 20.9. The maximum atomic E-state index is 12.4. The molecule has 1 saturated heterocycles. The topological polar surface area (TPSA) is 78.9 Å². The van der Waals surface area contributed by atoms with Crippen LogP contribution in [-0.4, -0.2) is 41.2 Å². The number of ether oxygens (including phenoxy) is 1. The van der Waals surface area contributed by atoms with Crippen LogP contribution in [0.25, 0.3) is 10.4 Å². The van der Waals surface area contributed by atoms with Crippen molar-refractivity contribution < 1.29 is 19.4 Å². The Hall–Kier alpha value is -3.32. The highest BCUT2D eigenvalue weighted by Crippen LogP contribution is 2.30. The van der Waals surface area contributed by atoms with Crippen LogP contribution in [0.15, 0.2) is 66.7 Å². The molecular formula is C23H22N2O4S. The van der Waals surface area contributed by atoms with Crippen molar-refractivity contribution in [1.82, 2.24) is 4.90 Å². The van der Waals surface area contributed by atoms with E-state index in [0.717, 1.165) is 21.9 Å². The molecule has 2 N–H and O–H groups in total. The van der Waals surface area contributed by atoms with Gasteiger partial charge in [0.1, 0.15) is 11.9 Å². The number of amides is 2. The third-order valence-corrected chi connectivity index (χ3v) is 6.15. The highest BCUT2D eigenvalue weighted by molar-refractivity contribution is 7.17. The number of benzene rings is 2. The third kappa shape index (κ3) is 4.80. The van der Waals surface area contributed by atoms with Gasteiger partial charge >= 0.3 is 6.09 Å². The molecule has 1 fully saturated rings. The summed E-state index contributed by atoms with van der Waals surface area (Å²) >= 11 is 1.44. The molecular weight excluding hydrogens is 400 g/mol. The zero-order valence-electron chi connectivity index (χ0n) is 16.3. The fraction of sp³-hybridized carbons (Fsp3) is 0.217. The van der Waals surface area contributed by atoms with E-state index in [2.05, 4.69) is 5.32 Å². The normalized spacial score (nSPS) is 14.3. The van der Waals surface area contributed by atoms with E-state index >= 15 is 0 Å². The molecule has 0 unspecified atom stereocenters. The van der Waals surface area contributed by atoms with E-state index in [0.29, 0.717) is 30.8 Å². The van der Waals surface area contributed by atoms with Crippen LogP contribution in [0.4, 0.5) is 10.5 Å². The molecule has 30 heavy (non-hydrogen) atoms. The van der Waals surface area contributed by atoms with Gasteiger partial charge in [0.15, 0.2) is 0 Å². The molecule has 1 aliphatic rings. The molecule has 7 heteroatoms. The first-order valence-corrected chi connectivity index (χ1v) is 10.6. The Kier molecular flexibility index (Phi) is 5.99. The fourth-order valence-electron chi connectivity index (χ4n) is 3.38. The van der Waals surface area contributed by atoms with E-state index in [9.17, 15) is 9.59 Å². The molecule has 3 aromatic rings. The Labute approximate surface area is 178 Å². The lowest BCUT2D eigenvalue weighted by atomic mass is 10.1. The SMILES string of the molecule is O=C(Nc1ccccc1)c1ccc(-c2ccc(OC3CCN(C(=O)O)CC3)cc2)s1. The predicted molar refractivity (Wildman–Crippen MR) is 117 cm³/mol. The summed E-state index contributed by atoms with van der Waals surface area (Å²) in [6, 6.07) is 21.0. The van der Waals surface area contributed by atoms with Gasteiger partial charge in [-0.2, -0.15) is 0 Å². The minimum atomic E-state index is -0.870. The first kappa shape index (κ1) is 20.0. The number of para-hydroxylation sites is 1. The molecule has 4 rings (SSSR count). The number of carbonyl (C=O) groups is 2. The summed E-state index contributed by atoms with van der Waals surface area (Å²) in [6.07, 6.45) is 0.546. The number of piperidine rings is 1. The number of nitrogens with one attached hydrogen (secondary N) is 1. The van der Waals surface area contributed by atoms with Gasteiger partial charge in [-0.1, -0.05) is 18.2 Å². The second-order valence-corrected chi connectivity index (χ2v) is 8.18. The van der Waals surface area contributed by atoms with Gasteiger partial charge < -0.3 is 20.1 Å². The van der Waals surface area contributed by atoms with Crippen molar-refractivity contribution in [2.45, 2.75) is 18.9 Å². The Morgan fingerprint density at radius 3 is 2.33 bits per heavy atom. The number of carbonyl (C=O) groups excluding carboxylic acids is 1. The minimum Gasteiger partial charge on any atom is -0.490 e. The number of nitrogens with zero attached hydrogens (tertiary/aromatic N) is 1. The average molecular weight is 423 g/mol. The first-order chi connectivity index (χ1) is 14.6. The van der Waals surface area contributed by atoms with Crippen LogP contribution < -0.4 is 10.1 Å². The van der Waals surface area contributed by atoms with Crippen molar-refractivity contribution >= 4 is 29.0 Å². The van der Waals surface area contributed by atoms with Crippen LogP contribution in [-0.2, 0) is 0 Å². The van der Waals surface area contributed by atoms with Crippen molar-refractivity contribution in [2.75, 3.05) is 18.4 Å². The van der Waals surface area contributed by atoms with Crippen molar-refractivity contribution in [3.63, 3.8) is 0 Å². The summed E-state index contributed by atoms with van der Waals surface area (Å²) in [4.78, 5) is 26.5. The number of hydrogen-bond acceptors (Lipinski definition) is 4. The van der Waals surface area contributed by atoms with Crippen molar-refractivity contribution in [2.24, 2.45) is 0 Å². The second kappa shape index (κ2) is 9.00. The molecule has 6 nitrogen and oxygen atoms in total. The second-order valence-electron chi connectivity index (χ2n) is 7.10. The monoisotopic (exact) mass is 422 g/mol. The van der Waals surface area contributed by atoms with Gasteiger partial charge in [-0.05, 0) is 54.1 Å². The molecule has 2 aromatic carbocycles. The van der Waals surface area contributed by atoms with Gasteiger partial charge in [0.25, 0.3) is 5.91 Å². The lowest BCUT2D eigenvalue weighted by molar-refractivity contribution is 0.0894. The molecule has 0 aliphatic carbocycles. The van der Waals surface area contributed by atoms with Gasteiger partial charge in [0.2, 0.25) is 0 Å². The molecule has 0 atom stereocenters. The molecule has 1 aromatic heterocycles. The average Bonchev–Trinajstić information content (AvgIpc) is 3.26. The molecule has 1 aliphatic heterocycles. The fourth-order valence-corrected chi connectivity index (χ4v) is 4.29. The number of thiophene rings is 1. The van der Waals surface area contributed by atoms with E-state index in [1.165, 1.54) is 16.2 Å². The smallest absolute Gasteiger partial charge is 0.407 e. The third-order valence-electron chi connectivity index (χ3n) is 5.02. The molecule has 2 heterocycles. The standard InChI is InChI=1S/C23H22N2O4S/c26-22(24-17-4-2-1-3-5-17)21-11-10-20(30-21)16-6-8-18(9-7-16)29-19-12-14-25(15-13-19)23(27)28/h1-11,19H,12-15H2,(H,24,26)(H,27,28). The quantitative estimate of drug-likeness (QED) is 0.593. The van der Waals surface area contributed by atoms with Crippen molar-refractivity contribution in [3.05, 3.63) is 71.6 Å². The van der Waals surface area contributed by atoms with Gasteiger partial charge in [0, 0.05) is 36.5 Å². The van der Waals surface area contributed by atoms with Crippen LogP contribution in [0.1, 0.15) is 22.5 Å². The maximum absolute atomic E-state index is 12.4. The van der Waals surface area contributed by atoms with Crippen LogP contribution in [0.3, 0.4) is 0 Å². The Balaban J connectivity index is 1.35. The van der Waals surface area contributed by atoms with Crippen LogP contribution in [0.5, 0.6) is 5.75 Å². The number of rotatable bonds is 5. The van der Waals surface area contributed by atoms with Gasteiger partial charge in [-0.25, -0.2) is 4.79 Å². The molecule has 0 spiro atoms. The molecule has 2 amide bonds. The summed E-state index contributed by atoms with van der Waals surface area (Å²) in [7, 11) is 0. The van der Waals surface area contributed by atoms with Crippen LogP contribution in [0, 0.1) is 0 Å². The molecule has 0 saturated carbocycles. The van der Waals surface area contributed by atoms with E-state index in [4.69, 9.17) is 9.84 Å². The summed E-state index contributed by atoms with van der Waals surface area (Å²) < 4.78 is 6.00. The van der Waals surface area contributed by atoms with Crippen molar-refractivity contribution in [1.29, 1.82) is 0 Å². The lowest BCUT2D eigenvalue weighted by Gasteiger charge is -2.30.